The van der Waals surface area contributed by atoms with Crippen molar-refractivity contribution in [2.75, 3.05) is 13.2 Å². The highest BCUT2D eigenvalue weighted by molar-refractivity contribution is 5.76. The first-order valence-corrected chi connectivity index (χ1v) is 37.3. The second-order valence-corrected chi connectivity index (χ2v) is 26.0. The van der Waals surface area contributed by atoms with Gasteiger partial charge < -0.3 is 20.3 Å². The molecule has 1 amide bonds. The molecule has 0 aliphatic rings. The molecule has 2 unspecified atom stereocenters. The predicted molar refractivity (Wildman–Crippen MR) is 352 cm³/mol. The van der Waals surface area contributed by atoms with Gasteiger partial charge in [0.1, 0.15) is 0 Å². The quantitative estimate of drug-likeness (QED) is 0.0417. The van der Waals surface area contributed by atoms with E-state index in [1.165, 1.54) is 366 Å². The number of unbranched alkanes of at least 4 members (excludes halogenated alkanes) is 60. The van der Waals surface area contributed by atoms with Crippen LogP contribution in [-0.4, -0.2) is 47.4 Å². The number of esters is 1. The van der Waals surface area contributed by atoms with E-state index in [-0.39, 0.29) is 18.5 Å². The molecule has 0 aromatic carbocycles. The van der Waals surface area contributed by atoms with Gasteiger partial charge in [-0.05, 0) is 25.7 Å². The van der Waals surface area contributed by atoms with Crippen LogP contribution in [0.25, 0.3) is 0 Å². The van der Waals surface area contributed by atoms with Crippen LogP contribution in [0.4, 0.5) is 0 Å². The summed E-state index contributed by atoms with van der Waals surface area (Å²) >= 11 is 0. The number of aliphatic hydroxyl groups is 2. The minimum atomic E-state index is -0.658. The Hall–Kier alpha value is -1.14. The van der Waals surface area contributed by atoms with Crippen LogP contribution in [0.2, 0.25) is 0 Å². The van der Waals surface area contributed by atoms with E-state index in [0.29, 0.717) is 25.9 Å². The zero-order chi connectivity index (χ0) is 57.8. The molecule has 6 nitrogen and oxygen atoms in total. The van der Waals surface area contributed by atoms with Gasteiger partial charge in [-0.3, -0.25) is 9.59 Å². The lowest BCUT2D eigenvalue weighted by Crippen LogP contribution is -2.45. The Bertz CT molecular complexity index is 1160. The van der Waals surface area contributed by atoms with Gasteiger partial charge in [-0.2, -0.15) is 0 Å². The summed E-state index contributed by atoms with van der Waals surface area (Å²) < 4.78 is 5.48. The molecule has 0 rings (SSSR count). The van der Waals surface area contributed by atoms with Crippen LogP contribution in [0.5, 0.6) is 0 Å². The molecule has 0 aromatic heterocycles. The molecule has 0 radical (unpaired) electrons. The molecule has 0 aliphatic carbocycles. The molecule has 478 valence electrons. The molecule has 2 atom stereocenters. The molecular formula is C74H147NO5. The van der Waals surface area contributed by atoms with Crippen molar-refractivity contribution in [2.45, 2.75) is 450 Å². The van der Waals surface area contributed by atoms with Gasteiger partial charge in [0.15, 0.2) is 0 Å². The van der Waals surface area contributed by atoms with Gasteiger partial charge in [-0.1, -0.05) is 399 Å². The molecule has 0 saturated heterocycles. The molecule has 0 aromatic rings. The van der Waals surface area contributed by atoms with Crippen molar-refractivity contribution in [3.63, 3.8) is 0 Å². The van der Waals surface area contributed by atoms with Crippen molar-refractivity contribution in [1.82, 2.24) is 5.32 Å². The van der Waals surface area contributed by atoms with E-state index in [4.69, 9.17) is 4.74 Å². The van der Waals surface area contributed by atoms with Crippen LogP contribution < -0.4 is 5.32 Å². The number of amides is 1. The smallest absolute Gasteiger partial charge is 0.305 e. The fraction of sp³-hybridized carbons (Fsp3) is 0.973. The highest BCUT2D eigenvalue weighted by Crippen LogP contribution is 2.20. The fourth-order valence-electron chi connectivity index (χ4n) is 12.2. The van der Waals surface area contributed by atoms with Crippen LogP contribution in [0, 0.1) is 0 Å². The number of carbonyl (C=O) groups excluding carboxylic acids is 2. The molecule has 0 heterocycles. The van der Waals surface area contributed by atoms with Crippen molar-refractivity contribution < 1.29 is 24.5 Å². The maximum atomic E-state index is 12.5. The largest absolute Gasteiger partial charge is 0.466 e. The monoisotopic (exact) mass is 1130 g/mol. The number of hydrogen-bond acceptors (Lipinski definition) is 5. The van der Waals surface area contributed by atoms with E-state index >= 15 is 0 Å². The Labute approximate surface area is 502 Å². The number of hydrogen-bond donors (Lipinski definition) is 3. The van der Waals surface area contributed by atoms with Gasteiger partial charge in [0, 0.05) is 12.8 Å². The van der Waals surface area contributed by atoms with Crippen LogP contribution in [0.15, 0.2) is 0 Å². The second kappa shape index (κ2) is 70.3. The van der Waals surface area contributed by atoms with Gasteiger partial charge >= 0.3 is 5.97 Å². The Kier molecular flexibility index (Phi) is 69.3. The van der Waals surface area contributed by atoms with Crippen molar-refractivity contribution in [3.8, 4) is 0 Å². The minimum absolute atomic E-state index is 0.0247. The van der Waals surface area contributed by atoms with Gasteiger partial charge in [-0.15, -0.1) is 0 Å². The third kappa shape index (κ3) is 66.0. The molecule has 6 heteroatoms. The van der Waals surface area contributed by atoms with Crippen LogP contribution >= 0.6 is 0 Å². The zero-order valence-electron chi connectivity index (χ0n) is 54.9. The number of carbonyl (C=O) groups is 2. The summed E-state index contributed by atoms with van der Waals surface area (Å²) in [6, 6.07) is -0.535. The molecule has 0 fully saturated rings. The van der Waals surface area contributed by atoms with Crippen molar-refractivity contribution in [2.24, 2.45) is 0 Å². The number of nitrogens with one attached hydrogen (secondary N) is 1. The van der Waals surface area contributed by atoms with Crippen molar-refractivity contribution in [3.05, 3.63) is 0 Å². The highest BCUT2D eigenvalue weighted by atomic mass is 16.5. The lowest BCUT2D eigenvalue weighted by atomic mass is 10.0. The Balaban J connectivity index is 3.27. The standard InChI is InChI=1S/C74H147NO5/c1-3-5-7-9-11-13-15-43-47-50-54-58-62-66-72(77)71(70-76)75-73(78)67-63-59-55-51-48-44-41-39-37-35-33-31-29-27-25-23-21-19-17-16-18-20-22-24-26-28-30-32-34-36-38-40-42-45-49-53-57-61-65-69-80-74(79)68-64-60-56-52-46-14-12-10-8-6-4-2/h71-72,76-77H,3-70H2,1-2H3,(H,75,78). The van der Waals surface area contributed by atoms with Crippen LogP contribution in [-0.2, 0) is 14.3 Å². The van der Waals surface area contributed by atoms with Crippen molar-refractivity contribution in [1.29, 1.82) is 0 Å². The summed E-state index contributed by atoms with van der Waals surface area (Å²) in [5.41, 5.74) is 0. The summed E-state index contributed by atoms with van der Waals surface area (Å²) in [7, 11) is 0. The second-order valence-electron chi connectivity index (χ2n) is 26.0. The van der Waals surface area contributed by atoms with Crippen LogP contribution in [0.3, 0.4) is 0 Å². The van der Waals surface area contributed by atoms with E-state index in [0.717, 1.165) is 38.5 Å². The molecule has 0 saturated carbocycles. The average Bonchev–Trinajstić information content (AvgIpc) is 3.46. The first-order valence-electron chi connectivity index (χ1n) is 37.3. The predicted octanol–water partition coefficient (Wildman–Crippen LogP) is 24.2. The Morgan fingerprint density at radius 2 is 0.512 bits per heavy atom. The lowest BCUT2D eigenvalue weighted by Gasteiger charge is -2.22. The third-order valence-electron chi connectivity index (χ3n) is 17.9. The first-order chi connectivity index (χ1) is 39.5. The first kappa shape index (κ1) is 78.9. The summed E-state index contributed by atoms with van der Waals surface area (Å²) in [5.74, 6) is -0.00106. The van der Waals surface area contributed by atoms with E-state index in [1.807, 2.05) is 0 Å². The maximum absolute atomic E-state index is 12.5. The summed E-state index contributed by atoms with van der Waals surface area (Å²) in [6.07, 6.45) is 86.3. The highest BCUT2D eigenvalue weighted by Gasteiger charge is 2.20. The molecule has 0 bridgehead atoms. The van der Waals surface area contributed by atoms with Gasteiger partial charge in [0.25, 0.3) is 0 Å². The van der Waals surface area contributed by atoms with E-state index < -0.39 is 12.1 Å². The molecular weight excluding hydrogens is 983 g/mol. The van der Waals surface area contributed by atoms with Gasteiger partial charge in [0.05, 0.1) is 25.4 Å². The number of aliphatic hydroxyl groups excluding tert-OH is 2. The van der Waals surface area contributed by atoms with E-state index in [2.05, 4.69) is 19.2 Å². The Morgan fingerprint density at radius 1 is 0.300 bits per heavy atom. The number of rotatable bonds is 71. The minimum Gasteiger partial charge on any atom is -0.466 e. The zero-order valence-corrected chi connectivity index (χ0v) is 54.9. The normalized spacial score (nSPS) is 12.4. The summed E-state index contributed by atoms with van der Waals surface area (Å²) in [6.45, 7) is 4.99. The molecule has 0 aliphatic heterocycles. The van der Waals surface area contributed by atoms with E-state index in [1.54, 1.807) is 0 Å². The third-order valence-corrected chi connectivity index (χ3v) is 17.9. The summed E-state index contributed by atoms with van der Waals surface area (Å²) in [5, 5.41) is 23.3. The van der Waals surface area contributed by atoms with Crippen molar-refractivity contribution >= 4 is 11.9 Å². The van der Waals surface area contributed by atoms with Gasteiger partial charge in [-0.25, -0.2) is 0 Å². The maximum Gasteiger partial charge on any atom is 0.305 e. The topological polar surface area (TPSA) is 95.9 Å². The average molecular weight is 1130 g/mol. The molecule has 0 spiro atoms. The number of ether oxygens (including phenoxy) is 1. The SMILES string of the molecule is CCCCCCCCCCCCCCCC(O)C(CO)NC(=O)CCCCCCCCCCCCCCCCCCCCCCCCCCCCCCCCCCCCCCCCCOC(=O)CCCCCCCCCCCCC. The summed E-state index contributed by atoms with van der Waals surface area (Å²) in [4.78, 5) is 24.5. The van der Waals surface area contributed by atoms with Crippen LogP contribution in [0.1, 0.15) is 438 Å². The Morgan fingerprint density at radius 3 is 0.762 bits per heavy atom. The molecule has 80 heavy (non-hydrogen) atoms. The lowest BCUT2D eigenvalue weighted by molar-refractivity contribution is -0.143. The van der Waals surface area contributed by atoms with E-state index in [9.17, 15) is 19.8 Å². The molecule has 3 N–H and O–H groups in total. The van der Waals surface area contributed by atoms with Gasteiger partial charge in [0.2, 0.25) is 5.91 Å². The fourth-order valence-corrected chi connectivity index (χ4v) is 12.2.